The molecule has 0 radical (unpaired) electrons. The molecule has 0 amide bonds. The monoisotopic (exact) mass is 206 g/mol. The van der Waals surface area contributed by atoms with Gasteiger partial charge in [-0.1, -0.05) is 19.9 Å². The standard InChI is InChI=1S/C12H18N2O/c1-4-10(5-2)13-14-11-7-6-8-12(9-11)15-3/h6-9,14H,4-5H2,1-3H3. The van der Waals surface area contributed by atoms with Crippen molar-refractivity contribution < 1.29 is 4.74 Å². The van der Waals surface area contributed by atoms with Crippen LogP contribution in [0.2, 0.25) is 0 Å². The van der Waals surface area contributed by atoms with Crippen LogP contribution in [0.15, 0.2) is 29.4 Å². The molecule has 0 bridgehead atoms. The lowest BCUT2D eigenvalue weighted by atomic mass is 10.2. The van der Waals surface area contributed by atoms with E-state index in [4.69, 9.17) is 4.74 Å². The summed E-state index contributed by atoms with van der Waals surface area (Å²) in [5.41, 5.74) is 5.15. The SMILES string of the molecule is CCC(CC)=NNc1cccc(OC)c1. The van der Waals surface area contributed by atoms with Gasteiger partial charge in [-0.05, 0) is 25.0 Å². The van der Waals surface area contributed by atoms with Crippen molar-refractivity contribution in [3.63, 3.8) is 0 Å². The predicted molar refractivity (Wildman–Crippen MR) is 64.6 cm³/mol. The molecule has 0 heterocycles. The topological polar surface area (TPSA) is 33.6 Å². The van der Waals surface area contributed by atoms with Crippen LogP contribution in [0, 0.1) is 0 Å². The molecule has 0 unspecified atom stereocenters. The minimum atomic E-state index is 0.838. The number of nitrogens with one attached hydrogen (secondary N) is 1. The molecular formula is C12H18N2O. The number of hydrazone groups is 1. The number of ether oxygens (including phenoxy) is 1. The second kappa shape index (κ2) is 6.06. The summed E-state index contributed by atoms with van der Waals surface area (Å²) in [6.45, 7) is 4.21. The molecule has 0 saturated heterocycles. The Hall–Kier alpha value is -1.51. The summed E-state index contributed by atoms with van der Waals surface area (Å²) in [5.74, 6) is 0.838. The van der Waals surface area contributed by atoms with Crippen molar-refractivity contribution in [2.75, 3.05) is 12.5 Å². The molecule has 0 aliphatic carbocycles. The van der Waals surface area contributed by atoms with Crippen molar-refractivity contribution >= 4 is 11.4 Å². The van der Waals surface area contributed by atoms with Crippen LogP contribution in [-0.2, 0) is 0 Å². The fourth-order valence-electron chi connectivity index (χ4n) is 1.24. The molecule has 3 nitrogen and oxygen atoms in total. The van der Waals surface area contributed by atoms with E-state index in [1.165, 1.54) is 0 Å². The quantitative estimate of drug-likeness (QED) is 0.592. The van der Waals surface area contributed by atoms with E-state index in [1.807, 2.05) is 24.3 Å². The molecule has 1 aromatic carbocycles. The highest BCUT2D eigenvalue weighted by atomic mass is 16.5. The molecule has 1 aromatic rings. The second-order valence-corrected chi connectivity index (χ2v) is 3.23. The van der Waals surface area contributed by atoms with Crippen LogP contribution >= 0.6 is 0 Å². The zero-order valence-corrected chi connectivity index (χ0v) is 9.58. The molecule has 1 N–H and O–H groups in total. The maximum atomic E-state index is 5.13. The Morgan fingerprint density at radius 1 is 1.33 bits per heavy atom. The number of benzene rings is 1. The van der Waals surface area contributed by atoms with E-state index in [-0.39, 0.29) is 0 Å². The van der Waals surface area contributed by atoms with Gasteiger partial charge in [-0.2, -0.15) is 5.10 Å². The average Bonchev–Trinajstić information content (AvgIpc) is 2.31. The Kier molecular flexibility index (Phi) is 4.68. The Bertz CT molecular complexity index is 328. The molecule has 0 saturated carbocycles. The Balaban J connectivity index is 2.68. The first-order chi connectivity index (χ1) is 7.30. The van der Waals surface area contributed by atoms with Crippen LogP contribution < -0.4 is 10.2 Å². The Morgan fingerprint density at radius 3 is 2.67 bits per heavy atom. The van der Waals surface area contributed by atoms with Crippen molar-refractivity contribution in [1.82, 2.24) is 0 Å². The van der Waals surface area contributed by atoms with Gasteiger partial charge in [0.2, 0.25) is 0 Å². The molecule has 3 heteroatoms. The van der Waals surface area contributed by atoms with E-state index in [9.17, 15) is 0 Å². The second-order valence-electron chi connectivity index (χ2n) is 3.23. The van der Waals surface area contributed by atoms with E-state index >= 15 is 0 Å². The molecule has 0 spiro atoms. The maximum Gasteiger partial charge on any atom is 0.120 e. The van der Waals surface area contributed by atoms with E-state index < -0.39 is 0 Å². The largest absolute Gasteiger partial charge is 0.497 e. The molecule has 15 heavy (non-hydrogen) atoms. The summed E-state index contributed by atoms with van der Waals surface area (Å²) in [6.07, 6.45) is 1.96. The third-order valence-corrected chi connectivity index (χ3v) is 2.23. The van der Waals surface area contributed by atoms with E-state index in [0.717, 1.165) is 30.0 Å². The van der Waals surface area contributed by atoms with Crippen molar-refractivity contribution in [2.24, 2.45) is 5.10 Å². The highest BCUT2D eigenvalue weighted by molar-refractivity contribution is 5.84. The van der Waals surface area contributed by atoms with Gasteiger partial charge in [0, 0.05) is 11.8 Å². The zero-order chi connectivity index (χ0) is 11.1. The highest BCUT2D eigenvalue weighted by Gasteiger charge is 1.95. The molecular weight excluding hydrogens is 188 g/mol. The van der Waals surface area contributed by atoms with E-state index in [1.54, 1.807) is 7.11 Å². The van der Waals surface area contributed by atoms with Crippen LogP contribution in [0.1, 0.15) is 26.7 Å². The number of rotatable bonds is 5. The Morgan fingerprint density at radius 2 is 2.07 bits per heavy atom. The minimum Gasteiger partial charge on any atom is -0.497 e. The predicted octanol–water partition coefficient (Wildman–Crippen LogP) is 3.28. The smallest absolute Gasteiger partial charge is 0.120 e. The van der Waals surface area contributed by atoms with Gasteiger partial charge in [-0.25, -0.2) is 0 Å². The minimum absolute atomic E-state index is 0.838. The number of hydrogen-bond donors (Lipinski definition) is 1. The first kappa shape index (κ1) is 11.6. The highest BCUT2D eigenvalue weighted by Crippen LogP contribution is 2.16. The van der Waals surface area contributed by atoms with Gasteiger partial charge in [-0.3, -0.25) is 5.43 Å². The fraction of sp³-hybridized carbons (Fsp3) is 0.417. The van der Waals surface area contributed by atoms with Gasteiger partial charge >= 0.3 is 0 Å². The number of hydrogen-bond acceptors (Lipinski definition) is 3. The summed E-state index contributed by atoms with van der Waals surface area (Å²) in [6, 6.07) is 7.74. The van der Waals surface area contributed by atoms with Gasteiger partial charge in [0.1, 0.15) is 5.75 Å². The van der Waals surface area contributed by atoms with Crippen molar-refractivity contribution in [3.05, 3.63) is 24.3 Å². The lowest BCUT2D eigenvalue weighted by Crippen LogP contribution is -1.99. The van der Waals surface area contributed by atoms with Gasteiger partial charge < -0.3 is 4.74 Å². The zero-order valence-electron chi connectivity index (χ0n) is 9.58. The van der Waals surface area contributed by atoms with Crippen LogP contribution in [0.25, 0.3) is 0 Å². The van der Waals surface area contributed by atoms with Crippen LogP contribution in [0.5, 0.6) is 5.75 Å². The fourth-order valence-corrected chi connectivity index (χ4v) is 1.24. The van der Waals surface area contributed by atoms with Crippen LogP contribution in [0.3, 0.4) is 0 Å². The van der Waals surface area contributed by atoms with E-state index in [2.05, 4.69) is 24.4 Å². The van der Waals surface area contributed by atoms with Crippen molar-refractivity contribution in [2.45, 2.75) is 26.7 Å². The van der Waals surface area contributed by atoms with Gasteiger partial charge in [0.15, 0.2) is 0 Å². The summed E-state index contributed by atoms with van der Waals surface area (Å²) in [4.78, 5) is 0. The molecule has 0 fully saturated rings. The number of nitrogens with zero attached hydrogens (tertiary/aromatic N) is 1. The molecule has 0 atom stereocenters. The molecule has 0 aliphatic rings. The summed E-state index contributed by atoms with van der Waals surface area (Å²) >= 11 is 0. The lowest BCUT2D eigenvalue weighted by molar-refractivity contribution is 0.415. The van der Waals surface area contributed by atoms with Crippen molar-refractivity contribution in [3.8, 4) is 5.75 Å². The average molecular weight is 206 g/mol. The maximum absolute atomic E-state index is 5.13. The third kappa shape index (κ3) is 3.62. The van der Waals surface area contributed by atoms with Gasteiger partial charge in [0.05, 0.1) is 12.8 Å². The number of anilines is 1. The molecule has 82 valence electrons. The van der Waals surface area contributed by atoms with Crippen molar-refractivity contribution in [1.29, 1.82) is 0 Å². The molecule has 1 rings (SSSR count). The normalized spacial score (nSPS) is 9.53. The molecule has 0 aliphatic heterocycles. The first-order valence-electron chi connectivity index (χ1n) is 5.25. The summed E-state index contributed by atoms with van der Waals surface area (Å²) in [7, 11) is 1.66. The summed E-state index contributed by atoms with van der Waals surface area (Å²) in [5, 5.41) is 4.32. The molecule has 0 aromatic heterocycles. The van der Waals surface area contributed by atoms with Crippen LogP contribution in [-0.4, -0.2) is 12.8 Å². The first-order valence-corrected chi connectivity index (χ1v) is 5.25. The third-order valence-electron chi connectivity index (χ3n) is 2.23. The van der Waals surface area contributed by atoms with Gasteiger partial charge in [0.25, 0.3) is 0 Å². The summed E-state index contributed by atoms with van der Waals surface area (Å²) < 4.78 is 5.13. The lowest BCUT2D eigenvalue weighted by Gasteiger charge is -2.05. The van der Waals surface area contributed by atoms with Crippen LogP contribution in [0.4, 0.5) is 5.69 Å². The Labute approximate surface area is 91.1 Å². The van der Waals surface area contributed by atoms with Gasteiger partial charge in [-0.15, -0.1) is 0 Å². The van der Waals surface area contributed by atoms with E-state index in [0.29, 0.717) is 0 Å². The number of methoxy groups -OCH3 is 1.